The summed E-state index contributed by atoms with van der Waals surface area (Å²) in [7, 11) is -20.6. The smallest absolute Gasteiger partial charge is 0.302 e. The Hall–Kier alpha value is 0.360. The van der Waals surface area contributed by atoms with E-state index in [1.54, 1.807) is 0 Å². The van der Waals surface area contributed by atoms with Crippen LogP contribution in [0.4, 0.5) is 0 Å². The Labute approximate surface area is 157 Å². The van der Waals surface area contributed by atoms with Crippen molar-refractivity contribution < 1.29 is 75.9 Å². The van der Waals surface area contributed by atoms with E-state index in [4.69, 9.17) is 39.1 Å². The van der Waals surface area contributed by atoms with Gasteiger partial charge in [0.15, 0.2) is 0 Å². The van der Waals surface area contributed by atoms with E-state index in [9.17, 15) is 18.3 Å². The summed E-state index contributed by atoms with van der Waals surface area (Å²) in [6.07, 6.45) is 0.424. The average molecular weight is 500 g/mol. The summed E-state index contributed by atoms with van der Waals surface area (Å²) in [5, 5.41) is -0.163. The van der Waals surface area contributed by atoms with Gasteiger partial charge in [0.1, 0.15) is 0 Å². The summed E-state index contributed by atoms with van der Waals surface area (Å²) in [4.78, 5) is 69.0. The number of hydrogen-bond acceptors (Lipinski definition) is 10. The monoisotopic (exact) mass is 500 g/mol. The van der Waals surface area contributed by atoms with Gasteiger partial charge in [-0.2, -0.15) is 18.5 Å². The van der Waals surface area contributed by atoms with Crippen LogP contribution in [0.1, 0.15) is 25.7 Å². The van der Waals surface area contributed by atoms with E-state index in [2.05, 4.69) is 18.5 Å². The van der Waals surface area contributed by atoms with Crippen LogP contribution in [0.2, 0.25) is 0 Å². The third-order valence-corrected chi connectivity index (χ3v) is 3.80. The van der Waals surface area contributed by atoms with Gasteiger partial charge in [0.25, 0.3) is 0 Å². The van der Waals surface area contributed by atoms with Gasteiger partial charge in [0, 0.05) is 0 Å². The highest BCUT2D eigenvalue weighted by Crippen LogP contribution is 2.44. The molecule has 0 fully saturated rings. The second kappa shape index (κ2) is 11.7. The number of nitrogens with zero attached hydrogens (tertiary/aromatic N) is 2. The van der Waals surface area contributed by atoms with Gasteiger partial charge in [0.05, 0.1) is 13.1 Å². The molecule has 0 radical (unpaired) electrons. The molecule has 0 bridgehead atoms. The SMILES string of the molecule is O=P(O)(O)ON(CCCCCCN(OP(=O)(O)O)OP(=O)(O)O)OP(=O)(O)O. The largest absolute Gasteiger partial charge is 0.488 e. The van der Waals surface area contributed by atoms with E-state index in [1.807, 2.05) is 0 Å². The van der Waals surface area contributed by atoms with Crippen LogP contribution in [0, 0.1) is 0 Å². The molecule has 0 aliphatic rings. The second-order valence-electron chi connectivity index (χ2n) is 4.82. The molecular weight excluding hydrogens is 480 g/mol. The lowest BCUT2D eigenvalue weighted by atomic mass is 10.2. The van der Waals surface area contributed by atoms with Gasteiger partial charge in [0.2, 0.25) is 0 Å². The Bertz CT molecular complexity index is 544. The van der Waals surface area contributed by atoms with Crippen LogP contribution in [0.25, 0.3) is 0 Å². The fourth-order valence-electron chi connectivity index (χ4n) is 1.50. The molecule has 18 nitrogen and oxygen atoms in total. The molecule has 0 aromatic carbocycles. The van der Waals surface area contributed by atoms with Gasteiger partial charge in [-0.05, 0) is 23.3 Å². The van der Waals surface area contributed by atoms with Crippen molar-refractivity contribution in [3.05, 3.63) is 0 Å². The lowest BCUT2D eigenvalue weighted by Gasteiger charge is -2.21. The number of hydrogen-bond donors (Lipinski definition) is 8. The zero-order chi connectivity index (χ0) is 22.2. The number of unbranched alkanes of at least 4 members (excludes halogenated alkanes) is 3. The van der Waals surface area contributed by atoms with Crippen LogP contribution in [0.3, 0.4) is 0 Å². The Morgan fingerprint density at radius 2 is 0.679 bits per heavy atom. The molecule has 170 valence electrons. The highest BCUT2D eigenvalue weighted by Gasteiger charge is 2.29. The predicted molar refractivity (Wildman–Crippen MR) is 84.4 cm³/mol. The number of phosphoric acid groups is 4. The summed E-state index contributed by atoms with van der Waals surface area (Å²) in [6.45, 7) is -0.976. The van der Waals surface area contributed by atoms with E-state index in [-0.39, 0.29) is 36.1 Å². The van der Waals surface area contributed by atoms with Gasteiger partial charge < -0.3 is 39.1 Å². The average Bonchev–Trinajstić information content (AvgIpc) is 2.34. The molecule has 22 heteroatoms. The first kappa shape index (κ1) is 28.4. The summed E-state index contributed by atoms with van der Waals surface area (Å²) in [6, 6.07) is 0. The van der Waals surface area contributed by atoms with Crippen molar-refractivity contribution in [3.8, 4) is 0 Å². The summed E-state index contributed by atoms with van der Waals surface area (Å²) in [5.74, 6) is 0. The minimum atomic E-state index is -5.15. The fourth-order valence-corrected chi connectivity index (χ4v) is 3.02. The third kappa shape index (κ3) is 19.7. The van der Waals surface area contributed by atoms with Crippen LogP contribution in [-0.4, -0.2) is 62.7 Å². The Kier molecular flexibility index (Phi) is 11.8. The van der Waals surface area contributed by atoms with Crippen LogP contribution in [-0.2, 0) is 36.8 Å². The van der Waals surface area contributed by atoms with Crippen LogP contribution in [0.5, 0.6) is 0 Å². The lowest BCUT2D eigenvalue weighted by Crippen LogP contribution is -2.24. The van der Waals surface area contributed by atoms with Crippen LogP contribution >= 0.6 is 31.3 Å². The molecule has 28 heavy (non-hydrogen) atoms. The van der Waals surface area contributed by atoms with Crippen molar-refractivity contribution in [3.63, 3.8) is 0 Å². The van der Waals surface area contributed by atoms with Gasteiger partial charge in [-0.1, -0.05) is 12.8 Å². The normalized spacial score (nSPS) is 14.2. The molecule has 0 atom stereocenters. The molecular formula is C6H20N2O16P4. The Morgan fingerprint density at radius 3 is 0.857 bits per heavy atom. The summed E-state index contributed by atoms with van der Waals surface area (Å²) >= 11 is 0. The molecule has 0 aromatic heterocycles. The lowest BCUT2D eigenvalue weighted by molar-refractivity contribution is -0.277. The molecule has 0 saturated heterocycles. The first-order valence-corrected chi connectivity index (χ1v) is 13.0. The Balaban J connectivity index is 4.41. The van der Waals surface area contributed by atoms with Crippen molar-refractivity contribution in [2.45, 2.75) is 25.7 Å². The maximum atomic E-state index is 10.7. The molecule has 0 rings (SSSR count). The topological polar surface area (TPSA) is 274 Å². The van der Waals surface area contributed by atoms with E-state index >= 15 is 0 Å². The number of hydroxylamine groups is 4. The minimum Gasteiger partial charge on any atom is -0.302 e. The van der Waals surface area contributed by atoms with Crippen molar-refractivity contribution in [1.29, 1.82) is 0 Å². The van der Waals surface area contributed by atoms with Gasteiger partial charge in [-0.25, -0.2) is 18.3 Å². The first-order valence-electron chi connectivity index (χ1n) is 6.92. The van der Waals surface area contributed by atoms with Gasteiger partial charge in [-0.3, -0.25) is 0 Å². The molecule has 0 aromatic rings. The van der Waals surface area contributed by atoms with Crippen LogP contribution < -0.4 is 0 Å². The zero-order valence-corrected chi connectivity index (χ0v) is 17.3. The maximum absolute atomic E-state index is 10.7. The van der Waals surface area contributed by atoms with Gasteiger partial charge in [-0.15, -0.1) is 0 Å². The van der Waals surface area contributed by atoms with Crippen molar-refractivity contribution in [2.75, 3.05) is 13.1 Å². The van der Waals surface area contributed by atoms with Crippen molar-refractivity contribution >= 4 is 31.3 Å². The predicted octanol–water partition coefficient (Wildman–Crippen LogP) is -0.752. The standard InChI is InChI=1S/C6H20N2O16P4/c9-25(10,11)21-7(22-26(12,13)14)5-3-1-2-4-6-8(23-27(15,16)17)24-28(18,19)20/h1-6H2,(H2,9,10,11)(H2,12,13,14)(H2,15,16,17)(H2,18,19,20). The molecule has 8 N–H and O–H groups in total. The van der Waals surface area contributed by atoms with E-state index in [0.29, 0.717) is 0 Å². The molecule has 0 unspecified atom stereocenters. The first-order chi connectivity index (χ1) is 12.4. The minimum absolute atomic E-state index is 0.0126. The molecule has 0 spiro atoms. The van der Waals surface area contributed by atoms with E-state index in [1.165, 1.54) is 0 Å². The molecule has 0 amide bonds. The maximum Gasteiger partial charge on any atom is 0.488 e. The third-order valence-electron chi connectivity index (χ3n) is 2.22. The second-order valence-corrected chi connectivity index (χ2v) is 9.39. The fraction of sp³-hybridized carbons (Fsp3) is 1.00. The zero-order valence-electron chi connectivity index (χ0n) is 13.8. The Morgan fingerprint density at radius 1 is 0.464 bits per heavy atom. The van der Waals surface area contributed by atoms with Crippen molar-refractivity contribution in [2.24, 2.45) is 0 Å². The van der Waals surface area contributed by atoms with E-state index < -0.39 is 44.4 Å². The summed E-state index contributed by atoms with van der Waals surface area (Å²) in [5.41, 5.74) is 0. The molecule has 0 aliphatic carbocycles. The molecule has 0 heterocycles. The van der Waals surface area contributed by atoms with Crippen LogP contribution in [0.15, 0.2) is 0 Å². The van der Waals surface area contributed by atoms with Gasteiger partial charge >= 0.3 is 31.3 Å². The summed E-state index contributed by atoms with van der Waals surface area (Å²) < 4.78 is 58.5. The van der Waals surface area contributed by atoms with E-state index in [0.717, 1.165) is 0 Å². The number of rotatable bonds is 15. The molecule has 0 aliphatic heterocycles. The molecule has 0 saturated carbocycles. The highest BCUT2D eigenvalue weighted by molar-refractivity contribution is 7.47. The van der Waals surface area contributed by atoms with Crippen molar-refractivity contribution in [1.82, 2.24) is 10.5 Å². The highest BCUT2D eigenvalue weighted by atomic mass is 31.2. The quantitative estimate of drug-likeness (QED) is 0.0780.